The summed E-state index contributed by atoms with van der Waals surface area (Å²) in [6.45, 7) is 2.38. The van der Waals surface area contributed by atoms with E-state index in [2.05, 4.69) is 5.32 Å². The first kappa shape index (κ1) is 17.7. The summed E-state index contributed by atoms with van der Waals surface area (Å²) in [6, 6.07) is 0.0556. The van der Waals surface area contributed by atoms with Gasteiger partial charge >= 0.3 is 0 Å². The minimum absolute atomic E-state index is 0.00958. The molecule has 3 fully saturated rings. The Morgan fingerprint density at radius 3 is 2.38 bits per heavy atom. The average Bonchev–Trinajstić information content (AvgIpc) is 3.27. The van der Waals surface area contributed by atoms with Gasteiger partial charge in [-0.2, -0.15) is 0 Å². The second-order valence-electron chi connectivity index (χ2n) is 7.47. The summed E-state index contributed by atoms with van der Waals surface area (Å²) < 4.78 is 23.3. The molecule has 0 spiro atoms. The monoisotopic (exact) mass is 356 g/mol. The molecule has 2 aliphatic carbocycles. The van der Waals surface area contributed by atoms with E-state index in [1.807, 2.05) is 6.92 Å². The molecule has 3 unspecified atom stereocenters. The van der Waals surface area contributed by atoms with Crippen LogP contribution >= 0.6 is 0 Å². The van der Waals surface area contributed by atoms with Crippen molar-refractivity contribution in [2.45, 2.75) is 64.0 Å². The Morgan fingerprint density at radius 2 is 1.79 bits per heavy atom. The molecule has 0 radical (unpaired) electrons. The maximum absolute atomic E-state index is 12.7. The van der Waals surface area contributed by atoms with Crippen LogP contribution in [-0.2, 0) is 19.4 Å². The first-order valence-electron chi connectivity index (χ1n) is 9.22. The van der Waals surface area contributed by atoms with Crippen LogP contribution < -0.4 is 5.32 Å². The Kier molecular flexibility index (Phi) is 5.18. The van der Waals surface area contributed by atoms with Gasteiger partial charge in [0.25, 0.3) is 0 Å². The molecule has 24 heavy (non-hydrogen) atoms. The predicted octanol–water partition coefficient (Wildman–Crippen LogP) is 1.11. The van der Waals surface area contributed by atoms with Gasteiger partial charge in [-0.05, 0) is 32.6 Å². The Labute approximate surface area is 144 Å². The molecule has 6 nitrogen and oxygen atoms in total. The zero-order valence-corrected chi connectivity index (χ0v) is 15.2. The quantitative estimate of drug-likeness (QED) is 0.800. The maximum Gasteiger partial charge on any atom is 0.226 e. The van der Waals surface area contributed by atoms with E-state index in [1.54, 1.807) is 4.90 Å². The fraction of sp³-hybridized carbons (Fsp3) is 0.882. The lowest BCUT2D eigenvalue weighted by Gasteiger charge is -2.27. The number of rotatable bonds is 5. The lowest BCUT2D eigenvalue weighted by Crippen LogP contribution is -2.43. The van der Waals surface area contributed by atoms with Crippen molar-refractivity contribution < 1.29 is 18.0 Å². The number of hydrogen-bond donors (Lipinski definition) is 1. The molecule has 0 aromatic rings. The minimum atomic E-state index is -3.01. The van der Waals surface area contributed by atoms with Crippen LogP contribution in [0.1, 0.15) is 51.9 Å². The molecule has 0 aromatic carbocycles. The van der Waals surface area contributed by atoms with E-state index in [-0.39, 0.29) is 47.2 Å². The Balaban J connectivity index is 1.53. The van der Waals surface area contributed by atoms with Gasteiger partial charge in [-0.3, -0.25) is 9.59 Å². The van der Waals surface area contributed by atoms with E-state index < -0.39 is 9.84 Å². The highest BCUT2D eigenvalue weighted by Crippen LogP contribution is 2.41. The summed E-state index contributed by atoms with van der Waals surface area (Å²) in [6.07, 6.45) is 6.78. The SMILES string of the molecule is CCN(C(=O)C1CC1C(=O)NC1CCCCC1)C1CCS(=O)(=O)C1. The van der Waals surface area contributed by atoms with Crippen LogP contribution in [0, 0.1) is 11.8 Å². The van der Waals surface area contributed by atoms with E-state index in [4.69, 9.17) is 0 Å². The van der Waals surface area contributed by atoms with Crippen molar-refractivity contribution in [2.75, 3.05) is 18.1 Å². The minimum Gasteiger partial charge on any atom is -0.353 e. The Morgan fingerprint density at radius 1 is 1.08 bits per heavy atom. The van der Waals surface area contributed by atoms with Gasteiger partial charge in [-0.1, -0.05) is 19.3 Å². The highest BCUT2D eigenvalue weighted by Gasteiger charge is 2.51. The van der Waals surface area contributed by atoms with Crippen molar-refractivity contribution in [3.8, 4) is 0 Å². The summed E-state index contributed by atoms with van der Waals surface area (Å²) in [5, 5.41) is 3.10. The van der Waals surface area contributed by atoms with Crippen LogP contribution in [0.3, 0.4) is 0 Å². The normalized spacial score (nSPS) is 32.3. The third-order valence-electron chi connectivity index (χ3n) is 5.67. The largest absolute Gasteiger partial charge is 0.353 e. The molecule has 1 aliphatic heterocycles. The lowest BCUT2D eigenvalue weighted by molar-refractivity contribution is -0.136. The van der Waals surface area contributed by atoms with Crippen molar-refractivity contribution >= 4 is 21.7 Å². The number of sulfone groups is 1. The third-order valence-corrected chi connectivity index (χ3v) is 7.42. The summed E-state index contributed by atoms with van der Waals surface area (Å²) in [5.41, 5.74) is 0. The summed E-state index contributed by atoms with van der Waals surface area (Å²) in [7, 11) is -3.01. The van der Waals surface area contributed by atoms with Crippen molar-refractivity contribution in [3.63, 3.8) is 0 Å². The average molecular weight is 356 g/mol. The topological polar surface area (TPSA) is 83.6 Å². The summed E-state index contributed by atoms with van der Waals surface area (Å²) in [4.78, 5) is 26.7. The molecular formula is C17H28N2O4S. The van der Waals surface area contributed by atoms with Crippen molar-refractivity contribution in [2.24, 2.45) is 11.8 Å². The molecule has 7 heteroatoms. The molecule has 0 bridgehead atoms. The second kappa shape index (κ2) is 7.02. The van der Waals surface area contributed by atoms with E-state index in [9.17, 15) is 18.0 Å². The van der Waals surface area contributed by atoms with Gasteiger partial charge < -0.3 is 10.2 Å². The van der Waals surface area contributed by atoms with Gasteiger partial charge in [0.05, 0.1) is 23.3 Å². The standard InChI is InChI=1S/C17H28N2O4S/c1-2-19(13-8-9-24(22,23)11-13)17(21)15-10-14(15)16(20)18-12-6-4-3-5-7-12/h12-15H,2-11H2,1H3,(H,18,20). The zero-order valence-electron chi connectivity index (χ0n) is 14.4. The number of nitrogens with zero attached hydrogens (tertiary/aromatic N) is 1. The predicted molar refractivity (Wildman–Crippen MR) is 91.1 cm³/mol. The van der Waals surface area contributed by atoms with Gasteiger partial charge in [0.2, 0.25) is 11.8 Å². The van der Waals surface area contributed by atoms with E-state index in [0.29, 0.717) is 19.4 Å². The van der Waals surface area contributed by atoms with Crippen LogP contribution in [0.25, 0.3) is 0 Å². The number of nitrogens with one attached hydrogen (secondary N) is 1. The molecule has 2 amide bonds. The van der Waals surface area contributed by atoms with Crippen LogP contribution in [0.15, 0.2) is 0 Å². The molecule has 1 heterocycles. The maximum atomic E-state index is 12.7. The van der Waals surface area contributed by atoms with Crippen LogP contribution in [0.5, 0.6) is 0 Å². The van der Waals surface area contributed by atoms with Crippen molar-refractivity contribution in [1.29, 1.82) is 0 Å². The van der Waals surface area contributed by atoms with Crippen molar-refractivity contribution in [3.05, 3.63) is 0 Å². The number of amides is 2. The molecule has 136 valence electrons. The van der Waals surface area contributed by atoms with E-state index in [1.165, 1.54) is 6.42 Å². The second-order valence-corrected chi connectivity index (χ2v) is 9.70. The lowest BCUT2D eigenvalue weighted by atomic mass is 9.95. The zero-order chi connectivity index (χ0) is 17.3. The molecule has 3 atom stereocenters. The van der Waals surface area contributed by atoms with E-state index in [0.717, 1.165) is 25.7 Å². The van der Waals surface area contributed by atoms with Gasteiger partial charge in [-0.25, -0.2) is 8.42 Å². The summed E-state index contributed by atoms with van der Waals surface area (Å²) in [5.74, 6) is -0.266. The highest BCUT2D eigenvalue weighted by molar-refractivity contribution is 7.91. The van der Waals surface area contributed by atoms with Gasteiger partial charge in [0.15, 0.2) is 9.84 Å². The fourth-order valence-corrected chi connectivity index (χ4v) is 5.87. The van der Waals surface area contributed by atoms with Crippen LogP contribution in [0.2, 0.25) is 0 Å². The molecular weight excluding hydrogens is 328 g/mol. The molecule has 3 aliphatic rings. The van der Waals surface area contributed by atoms with Gasteiger partial charge in [0.1, 0.15) is 0 Å². The first-order valence-corrected chi connectivity index (χ1v) is 11.0. The molecule has 2 saturated carbocycles. The highest BCUT2D eigenvalue weighted by atomic mass is 32.2. The molecule has 1 N–H and O–H groups in total. The first-order chi connectivity index (χ1) is 11.4. The molecule has 1 saturated heterocycles. The van der Waals surface area contributed by atoms with Gasteiger partial charge in [-0.15, -0.1) is 0 Å². The van der Waals surface area contributed by atoms with E-state index >= 15 is 0 Å². The Hall–Kier alpha value is -1.11. The number of hydrogen-bond acceptors (Lipinski definition) is 4. The summed E-state index contributed by atoms with van der Waals surface area (Å²) >= 11 is 0. The van der Waals surface area contributed by atoms with Crippen LogP contribution in [0.4, 0.5) is 0 Å². The smallest absolute Gasteiger partial charge is 0.226 e. The van der Waals surface area contributed by atoms with Gasteiger partial charge in [0, 0.05) is 18.6 Å². The number of carbonyl (C=O) groups excluding carboxylic acids is 2. The molecule has 0 aromatic heterocycles. The Bertz CT molecular complexity index is 598. The number of carbonyl (C=O) groups is 2. The van der Waals surface area contributed by atoms with Crippen LogP contribution in [-0.4, -0.2) is 55.3 Å². The molecule has 3 rings (SSSR count). The third kappa shape index (κ3) is 3.92. The fourth-order valence-electron chi connectivity index (χ4n) is 4.14. The van der Waals surface area contributed by atoms with Crippen molar-refractivity contribution in [1.82, 2.24) is 10.2 Å².